The predicted molar refractivity (Wildman–Crippen MR) is 109 cm³/mol. The standard InChI is InChI=1S/C23H25NO5/c1-4-18(25)20-21(17-7-5-6-8-19(17)29-3)24(23(27)22(20)26)14-13-15-9-11-16(28-2)12-10-15/h5-12,21,26H,4,13-14H2,1-3H3. The molecule has 0 saturated heterocycles. The molecule has 1 heterocycles. The van der Waals surface area contributed by atoms with Gasteiger partial charge in [-0.1, -0.05) is 37.3 Å². The van der Waals surface area contributed by atoms with Crippen molar-refractivity contribution in [2.75, 3.05) is 20.8 Å². The van der Waals surface area contributed by atoms with Crippen LogP contribution in [0.25, 0.3) is 0 Å². The number of para-hydroxylation sites is 1. The van der Waals surface area contributed by atoms with Gasteiger partial charge >= 0.3 is 0 Å². The second-order valence-corrected chi connectivity index (χ2v) is 6.78. The summed E-state index contributed by atoms with van der Waals surface area (Å²) < 4.78 is 10.6. The largest absolute Gasteiger partial charge is 0.503 e. The van der Waals surface area contributed by atoms with E-state index in [-0.39, 0.29) is 17.8 Å². The van der Waals surface area contributed by atoms with Crippen molar-refractivity contribution in [2.24, 2.45) is 0 Å². The van der Waals surface area contributed by atoms with Gasteiger partial charge in [0.2, 0.25) is 0 Å². The lowest BCUT2D eigenvalue weighted by molar-refractivity contribution is -0.129. The molecule has 0 radical (unpaired) electrons. The molecule has 0 bridgehead atoms. The molecule has 1 atom stereocenters. The van der Waals surface area contributed by atoms with E-state index < -0.39 is 17.7 Å². The number of nitrogens with zero attached hydrogens (tertiary/aromatic N) is 1. The maximum Gasteiger partial charge on any atom is 0.290 e. The molecular weight excluding hydrogens is 370 g/mol. The van der Waals surface area contributed by atoms with Gasteiger partial charge in [-0.3, -0.25) is 9.59 Å². The second-order valence-electron chi connectivity index (χ2n) is 6.78. The minimum absolute atomic E-state index is 0.136. The third-order valence-electron chi connectivity index (χ3n) is 5.16. The quantitative estimate of drug-likeness (QED) is 0.739. The summed E-state index contributed by atoms with van der Waals surface area (Å²) >= 11 is 0. The third-order valence-corrected chi connectivity index (χ3v) is 5.16. The molecule has 3 rings (SSSR count). The molecule has 6 nitrogen and oxygen atoms in total. The summed E-state index contributed by atoms with van der Waals surface area (Å²) in [5.41, 5.74) is 1.84. The molecule has 152 valence electrons. The molecule has 1 unspecified atom stereocenters. The molecule has 0 spiro atoms. The zero-order valence-corrected chi connectivity index (χ0v) is 16.8. The Kier molecular flexibility index (Phi) is 6.22. The highest BCUT2D eigenvalue weighted by Gasteiger charge is 2.43. The van der Waals surface area contributed by atoms with Crippen molar-refractivity contribution in [3.63, 3.8) is 0 Å². The number of Topliss-reactive ketones (excluding diaryl/α,β-unsaturated/α-hetero) is 1. The Hall–Kier alpha value is -3.28. The number of carbonyl (C=O) groups is 2. The molecule has 1 N–H and O–H groups in total. The molecule has 6 heteroatoms. The first kappa shape index (κ1) is 20.5. The number of aliphatic hydroxyl groups is 1. The monoisotopic (exact) mass is 395 g/mol. The third kappa shape index (κ3) is 3.97. The summed E-state index contributed by atoms with van der Waals surface area (Å²) in [7, 11) is 3.15. The van der Waals surface area contributed by atoms with Crippen LogP contribution in [0.15, 0.2) is 59.9 Å². The highest BCUT2D eigenvalue weighted by atomic mass is 16.5. The fourth-order valence-corrected chi connectivity index (χ4v) is 3.62. The number of ether oxygens (including phenoxy) is 2. The predicted octanol–water partition coefficient (Wildman–Crippen LogP) is 3.62. The zero-order chi connectivity index (χ0) is 21.0. The number of aliphatic hydroxyl groups excluding tert-OH is 1. The molecule has 0 fully saturated rings. The van der Waals surface area contributed by atoms with Crippen LogP contribution in [0.4, 0.5) is 0 Å². The number of benzene rings is 2. The van der Waals surface area contributed by atoms with Crippen LogP contribution in [0.5, 0.6) is 11.5 Å². The molecule has 2 aromatic carbocycles. The van der Waals surface area contributed by atoms with E-state index in [2.05, 4.69) is 0 Å². The number of rotatable bonds is 8. The van der Waals surface area contributed by atoms with Gasteiger partial charge in [-0.2, -0.15) is 0 Å². The summed E-state index contributed by atoms with van der Waals surface area (Å²) in [5.74, 6) is 0.0660. The Morgan fingerprint density at radius 3 is 2.38 bits per heavy atom. The van der Waals surface area contributed by atoms with E-state index in [0.29, 0.717) is 24.3 Å². The fourth-order valence-electron chi connectivity index (χ4n) is 3.62. The maximum absolute atomic E-state index is 12.8. The Bertz CT molecular complexity index is 933. The van der Waals surface area contributed by atoms with E-state index in [4.69, 9.17) is 9.47 Å². The number of methoxy groups -OCH3 is 2. The van der Waals surface area contributed by atoms with Crippen molar-refractivity contribution in [1.82, 2.24) is 4.90 Å². The van der Waals surface area contributed by atoms with E-state index in [1.165, 1.54) is 0 Å². The molecule has 0 aliphatic carbocycles. The van der Waals surface area contributed by atoms with Gasteiger partial charge in [0.25, 0.3) is 5.91 Å². The summed E-state index contributed by atoms with van der Waals surface area (Å²) in [6.45, 7) is 2.06. The maximum atomic E-state index is 12.8. The zero-order valence-electron chi connectivity index (χ0n) is 16.8. The first-order valence-electron chi connectivity index (χ1n) is 9.54. The van der Waals surface area contributed by atoms with Crippen molar-refractivity contribution in [2.45, 2.75) is 25.8 Å². The molecule has 1 aliphatic heterocycles. The normalized spacial score (nSPS) is 16.3. The molecule has 0 saturated carbocycles. The number of carbonyl (C=O) groups excluding carboxylic acids is 2. The number of ketones is 1. The van der Waals surface area contributed by atoms with Crippen molar-refractivity contribution in [1.29, 1.82) is 0 Å². The van der Waals surface area contributed by atoms with Gasteiger partial charge in [0, 0.05) is 18.5 Å². The van der Waals surface area contributed by atoms with Crippen LogP contribution < -0.4 is 9.47 Å². The molecular formula is C23H25NO5. The lowest BCUT2D eigenvalue weighted by Gasteiger charge is -2.28. The van der Waals surface area contributed by atoms with Crippen LogP contribution in [0, 0.1) is 0 Å². The van der Waals surface area contributed by atoms with E-state index in [1.807, 2.05) is 42.5 Å². The van der Waals surface area contributed by atoms with Crippen molar-refractivity contribution in [3.05, 3.63) is 71.0 Å². The van der Waals surface area contributed by atoms with E-state index in [1.54, 1.807) is 32.1 Å². The van der Waals surface area contributed by atoms with Gasteiger partial charge in [-0.15, -0.1) is 0 Å². The van der Waals surface area contributed by atoms with Crippen LogP contribution in [-0.4, -0.2) is 42.5 Å². The summed E-state index contributed by atoms with van der Waals surface area (Å²) in [5, 5.41) is 10.5. The van der Waals surface area contributed by atoms with Gasteiger partial charge in [-0.05, 0) is 30.2 Å². The Morgan fingerprint density at radius 2 is 1.76 bits per heavy atom. The van der Waals surface area contributed by atoms with Crippen LogP contribution in [0.3, 0.4) is 0 Å². The number of amides is 1. The summed E-state index contributed by atoms with van der Waals surface area (Å²) in [6, 6.07) is 14.2. The van der Waals surface area contributed by atoms with Crippen molar-refractivity contribution >= 4 is 11.7 Å². The van der Waals surface area contributed by atoms with Gasteiger partial charge in [0.05, 0.1) is 25.8 Å². The average Bonchev–Trinajstić information content (AvgIpc) is 3.02. The van der Waals surface area contributed by atoms with Crippen LogP contribution in [0.2, 0.25) is 0 Å². The highest BCUT2D eigenvalue weighted by Crippen LogP contribution is 2.41. The minimum Gasteiger partial charge on any atom is -0.503 e. The van der Waals surface area contributed by atoms with Gasteiger partial charge in [-0.25, -0.2) is 0 Å². The Labute approximate surface area is 170 Å². The first-order chi connectivity index (χ1) is 14.0. The van der Waals surface area contributed by atoms with Gasteiger partial charge < -0.3 is 19.5 Å². The average molecular weight is 395 g/mol. The molecule has 1 amide bonds. The van der Waals surface area contributed by atoms with E-state index in [9.17, 15) is 14.7 Å². The second kappa shape index (κ2) is 8.82. The lowest BCUT2D eigenvalue weighted by Crippen LogP contribution is -2.33. The molecule has 1 aliphatic rings. The first-order valence-corrected chi connectivity index (χ1v) is 9.54. The van der Waals surface area contributed by atoms with Gasteiger partial charge in [0.15, 0.2) is 11.5 Å². The van der Waals surface area contributed by atoms with E-state index in [0.717, 1.165) is 11.3 Å². The Morgan fingerprint density at radius 1 is 1.07 bits per heavy atom. The SMILES string of the molecule is CCC(=O)C1=C(O)C(=O)N(CCc2ccc(OC)cc2)C1c1ccccc1OC. The van der Waals surface area contributed by atoms with Crippen LogP contribution >= 0.6 is 0 Å². The fraction of sp³-hybridized carbons (Fsp3) is 0.304. The van der Waals surface area contributed by atoms with Gasteiger partial charge in [0.1, 0.15) is 11.5 Å². The highest BCUT2D eigenvalue weighted by molar-refractivity contribution is 6.09. The van der Waals surface area contributed by atoms with Crippen LogP contribution in [0.1, 0.15) is 30.5 Å². The summed E-state index contributed by atoms with van der Waals surface area (Å²) in [4.78, 5) is 27.0. The summed E-state index contributed by atoms with van der Waals surface area (Å²) in [6.07, 6.45) is 0.771. The molecule has 0 aromatic heterocycles. The Balaban J connectivity index is 1.95. The van der Waals surface area contributed by atoms with Crippen molar-refractivity contribution < 1.29 is 24.2 Å². The minimum atomic E-state index is -0.677. The van der Waals surface area contributed by atoms with Crippen LogP contribution in [-0.2, 0) is 16.0 Å². The lowest BCUT2D eigenvalue weighted by atomic mass is 9.94. The van der Waals surface area contributed by atoms with Crippen molar-refractivity contribution in [3.8, 4) is 11.5 Å². The molecule has 29 heavy (non-hydrogen) atoms. The number of hydrogen-bond donors (Lipinski definition) is 1. The molecule has 2 aromatic rings. The van der Waals surface area contributed by atoms with E-state index >= 15 is 0 Å². The number of hydrogen-bond acceptors (Lipinski definition) is 5. The smallest absolute Gasteiger partial charge is 0.290 e. The topological polar surface area (TPSA) is 76.1 Å².